The van der Waals surface area contributed by atoms with Crippen molar-refractivity contribution in [2.24, 2.45) is 5.10 Å². The van der Waals surface area contributed by atoms with Gasteiger partial charge in [-0.2, -0.15) is 5.10 Å². The molecule has 30 heavy (non-hydrogen) atoms. The quantitative estimate of drug-likeness (QED) is 0.277. The summed E-state index contributed by atoms with van der Waals surface area (Å²) in [7, 11) is 3.14. The van der Waals surface area contributed by atoms with Crippen molar-refractivity contribution < 1.29 is 14.3 Å². The molecule has 10 heteroatoms. The molecule has 0 unspecified atom stereocenters. The van der Waals surface area contributed by atoms with Gasteiger partial charge in [0.25, 0.3) is 5.91 Å². The molecule has 0 atom stereocenters. The maximum atomic E-state index is 12.0. The average Bonchev–Trinajstić information content (AvgIpc) is 3.25. The number of nitrogens with zero attached hydrogens (tertiary/aromatic N) is 3. The normalized spacial score (nSPS) is 10.9. The predicted molar refractivity (Wildman–Crippen MR) is 122 cm³/mol. The summed E-state index contributed by atoms with van der Waals surface area (Å²) in [6, 6.07) is 15.6. The molecular formula is C20H20N4O3S3. The summed E-state index contributed by atoms with van der Waals surface area (Å²) < 4.78 is 12.1. The Morgan fingerprint density at radius 1 is 1.07 bits per heavy atom. The van der Waals surface area contributed by atoms with Gasteiger partial charge in [-0.25, -0.2) is 5.43 Å². The number of hydrogen-bond acceptors (Lipinski definition) is 9. The molecule has 0 saturated carbocycles. The molecular weight excluding hydrogens is 440 g/mol. The van der Waals surface area contributed by atoms with E-state index in [1.54, 1.807) is 44.3 Å². The van der Waals surface area contributed by atoms with Gasteiger partial charge < -0.3 is 9.47 Å². The molecule has 7 nitrogen and oxygen atoms in total. The number of thioether (sulfide) groups is 2. The van der Waals surface area contributed by atoms with Crippen LogP contribution in [0.4, 0.5) is 0 Å². The lowest BCUT2D eigenvalue weighted by Crippen LogP contribution is -2.19. The fraction of sp³-hybridized carbons (Fsp3) is 0.200. The minimum Gasteiger partial charge on any atom is -0.493 e. The van der Waals surface area contributed by atoms with Gasteiger partial charge in [-0.1, -0.05) is 65.2 Å². The first-order valence-corrected chi connectivity index (χ1v) is 11.6. The summed E-state index contributed by atoms with van der Waals surface area (Å²) in [5.74, 6) is 2.06. The summed E-state index contributed by atoms with van der Waals surface area (Å²) in [4.78, 5) is 12.0. The van der Waals surface area contributed by atoms with Gasteiger partial charge in [-0.15, -0.1) is 10.2 Å². The van der Waals surface area contributed by atoms with Gasteiger partial charge >= 0.3 is 0 Å². The number of amides is 1. The summed E-state index contributed by atoms with van der Waals surface area (Å²) in [6.07, 6.45) is 1.55. The zero-order chi connectivity index (χ0) is 21.2. The van der Waals surface area contributed by atoms with E-state index in [1.807, 2.05) is 24.3 Å². The van der Waals surface area contributed by atoms with Crippen LogP contribution >= 0.6 is 34.9 Å². The minimum atomic E-state index is -0.217. The monoisotopic (exact) mass is 460 g/mol. The lowest BCUT2D eigenvalue weighted by atomic mass is 10.2. The van der Waals surface area contributed by atoms with E-state index in [4.69, 9.17) is 9.47 Å². The highest BCUT2D eigenvalue weighted by Gasteiger charge is 2.09. The molecule has 3 rings (SSSR count). The van der Waals surface area contributed by atoms with E-state index in [2.05, 4.69) is 32.9 Å². The predicted octanol–water partition coefficient (Wildman–Crippen LogP) is 4.09. The number of hydrazone groups is 1. The molecule has 0 saturated heterocycles. The fourth-order valence-electron chi connectivity index (χ4n) is 2.30. The second-order valence-corrected chi connectivity index (χ2v) is 9.23. The van der Waals surface area contributed by atoms with Crippen molar-refractivity contribution in [2.45, 2.75) is 14.4 Å². The highest BCUT2D eigenvalue weighted by Crippen LogP contribution is 2.30. The molecule has 1 N–H and O–H groups in total. The summed E-state index contributed by atoms with van der Waals surface area (Å²) >= 11 is 4.45. The summed E-state index contributed by atoms with van der Waals surface area (Å²) in [5, 5.41) is 12.3. The molecule has 2 aromatic carbocycles. The third-order valence-electron chi connectivity index (χ3n) is 3.73. The van der Waals surface area contributed by atoms with Crippen molar-refractivity contribution in [3.63, 3.8) is 0 Å². The third kappa shape index (κ3) is 6.75. The van der Waals surface area contributed by atoms with Crippen molar-refractivity contribution in [2.75, 3.05) is 20.0 Å². The SMILES string of the molecule is COc1ccc(/C=N\NC(=O)CSc2nnc(SCc3ccccc3)s2)cc1OC. The van der Waals surface area contributed by atoms with Gasteiger partial charge in [-0.3, -0.25) is 4.79 Å². The third-order valence-corrected chi connectivity index (χ3v) is 6.99. The molecule has 0 spiro atoms. The Hall–Kier alpha value is -2.56. The summed E-state index contributed by atoms with van der Waals surface area (Å²) in [6.45, 7) is 0. The molecule has 1 aromatic heterocycles. The van der Waals surface area contributed by atoms with Crippen molar-refractivity contribution >= 4 is 47.0 Å². The number of hydrogen-bond donors (Lipinski definition) is 1. The van der Waals surface area contributed by atoms with Gasteiger partial charge in [0.2, 0.25) is 0 Å². The topological polar surface area (TPSA) is 85.7 Å². The number of rotatable bonds is 10. The highest BCUT2D eigenvalue weighted by molar-refractivity contribution is 8.03. The van der Waals surface area contributed by atoms with Crippen LogP contribution in [-0.4, -0.2) is 42.3 Å². The maximum absolute atomic E-state index is 12.0. The maximum Gasteiger partial charge on any atom is 0.250 e. The van der Waals surface area contributed by atoms with E-state index in [1.165, 1.54) is 28.7 Å². The van der Waals surface area contributed by atoms with Gasteiger partial charge in [-0.05, 0) is 29.3 Å². The Kier molecular flexibility index (Phi) is 8.54. The number of aromatic nitrogens is 2. The van der Waals surface area contributed by atoms with E-state index in [9.17, 15) is 4.79 Å². The molecule has 1 amide bonds. The highest BCUT2D eigenvalue weighted by atomic mass is 32.2. The molecule has 156 valence electrons. The van der Waals surface area contributed by atoms with E-state index in [0.717, 1.165) is 20.0 Å². The number of ether oxygens (including phenoxy) is 2. The number of carbonyl (C=O) groups is 1. The second-order valence-electron chi connectivity index (χ2n) is 5.80. The van der Waals surface area contributed by atoms with Crippen molar-refractivity contribution in [3.8, 4) is 11.5 Å². The Balaban J connectivity index is 1.42. The Morgan fingerprint density at radius 2 is 1.80 bits per heavy atom. The van der Waals surface area contributed by atoms with Crippen LogP contribution in [0, 0.1) is 0 Å². The Labute approximate surface area is 187 Å². The van der Waals surface area contributed by atoms with Crippen LogP contribution < -0.4 is 14.9 Å². The van der Waals surface area contributed by atoms with Gasteiger partial charge in [0, 0.05) is 5.75 Å². The van der Waals surface area contributed by atoms with E-state index in [-0.39, 0.29) is 11.7 Å². The van der Waals surface area contributed by atoms with Gasteiger partial charge in [0.1, 0.15) is 0 Å². The van der Waals surface area contributed by atoms with Crippen molar-refractivity contribution in [1.29, 1.82) is 0 Å². The average molecular weight is 461 g/mol. The Morgan fingerprint density at radius 3 is 2.53 bits per heavy atom. The van der Waals surface area contributed by atoms with Gasteiger partial charge in [0.05, 0.1) is 26.2 Å². The molecule has 0 fully saturated rings. The lowest BCUT2D eigenvalue weighted by Gasteiger charge is -2.07. The van der Waals surface area contributed by atoms with Crippen LogP contribution in [0.15, 0.2) is 62.3 Å². The summed E-state index contributed by atoms with van der Waals surface area (Å²) in [5.41, 5.74) is 4.53. The molecule has 0 aliphatic rings. The zero-order valence-electron chi connectivity index (χ0n) is 16.4. The molecule has 0 aliphatic heterocycles. The van der Waals surface area contributed by atoms with E-state index >= 15 is 0 Å². The van der Waals surface area contributed by atoms with Crippen LogP contribution in [-0.2, 0) is 10.5 Å². The lowest BCUT2D eigenvalue weighted by molar-refractivity contribution is -0.118. The molecule has 0 radical (unpaired) electrons. The zero-order valence-corrected chi connectivity index (χ0v) is 18.9. The molecule has 0 aliphatic carbocycles. The molecule has 1 heterocycles. The minimum absolute atomic E-state index is 0.210. The first-order chi connectivity index (χ1) is 14.7. The van der Waals surface area contributed by atoms with Crippen LogP contribution in [0.3, 0.4) is 0 Å². The fourth-order valence-corrected chi connectivity index (χ4v) is 5.07. The number of benzene rings is 2. The number of methoxy groups -OCH3 is 2. The van der Waals surface area contributed by atoms with E-state index < -0.39 is 0 Å². The van der Waals surface area contributed by atoms with Crippen molar-refractivity contribution in [3.05, 3.63) is 59.7 Å². The van der Waals surface area contributed by atoms with Crippen LogP contribution in [0.1, 0.15) is 11.1 Å². The largest absolute Gasteiger partial charge is 0.493 e. The second kappa shape index (κ2) is 11.6. The Bertz CT molecular complexity index is 996. The smallest absolute Gasteiger partial charge is 0.250 e. The molecule has 0 bridgehead atoms. The van der Waals surface area contributed by atoms with Crippen LogP contribution in [0.2, 0.25) is 0 Å². The van der Waals surface area contributed by atoms with Crippen LogP contribution in [0.5, 0.6) is 11.5 Å². The number of nitrogens with one attached hydrogen (secondary N) is 1. The van der Waals surface area contributed by atoms with Crippen LogP contribution in [0.25, 0.3) is 0 Å². The van der Waals surface area contributed by atoms with Crippen molar-refractivity contribution in [1.82, 2.24) is 15.6 Å². The van der Waals surface area contributed by atoms with E-state index in [0.29, 0.717) is 11.5 Å². The standard InChI is InChI=1S/C20H20N4O3S3/c1-26-16-9-8-15(10-17(16)27-2)11-21-22-18(25)13-29-20-24-23-19(30-20)28-12-14-6-4-3-5-7-14/h3-11H,12-13H2,1-2H3,(H,22,25)/b21-11-. The number of carbonyl (C=O) groups excluding carboxylic acids is 1. The first-order valence-electron chi connectivity index (χ1n) is 8.85. The first kappa shape index (κ1) is 22.1. The molecule has 3 aromatic rings. The van der Waals surface area contributed by atoms with Gasteiger partial charge in [0.15, 0.2) is 20.2 Å².